The molecule has 1 aliphatic carbocycles. The van der Waals surface area contributed by atoms with Gasteiger partial charge in [-0.15, -0.1) is 0 Å². The fraction of sp³-hybridized carbons (Fsp3) is 0.333. The van der Waals surface area contributed by atoms with Gasteiger partial charge in [-0.25, -0.2) is 13.8 Å². The van der Waals surface area contributed by atoms with E-state index >= 15 is 0 Å². The van der Waals surface area contributed by atoms with Crippen molar-refractivity contribution in [1.82, 2.24) is 14.5 Å². The third-order valence-electron chi connectivity index (χ3n) is 7.15. The van der Waals surface area contributed by atoms with Crippen molar-refractivity contribution in [3.05, 3.63) is 83.0 Å². The maximum Gasteiger partial charge on any atom is 0.172 e. The van der Waals surface area contributed by atoms with E-state index in [0.29, 0.717) is 5.56 Å². The number of hydrogen-bond donors (Lipinski definition) is 0. The number of ether oxygens (including phenoxy) is 1. The fourth-order valence-corrected chi connectivity index (χ4v) is 5.21. The van der Waals surface area contributed by atoms with Crippen LogP contribution in [-0.4, -0.2) is 40.5 Å². The largest absolute Gasteiger partial charge is 0.495 e. The summed E-state index contributed by atoms with van der Waals surface area (Å²) in [6, 6.07) is 9.43. The summed E-state index contributed by atoms with van der Waals surface area (Å²) in [5, 5.41) is 4.40. The van der Waals surface area contributed by atoms with Gasteiger partial charge in [0.25, 0.3) is 0 Å². The number of halogens is 2. The van der Waals surface area contributed by atoms with E-state index in [1.807, 2.05) is 35.9 Å². The average Bonchev–Trinajstić information content (AvgIpc) is 3.43. The summed E-state index contributed by atoms with van der Waals surface area (Å²) < 4.78 is 35.6. The van der Waals surface area contributed by atoms with Crippen molar-refractivity contribution in [2.45, 2.75) is 32.2 Å². The number of aromatic nitrogens is 2. The second-order valence-electron chi connectivity index (χ2n) is 9.76. The lowest BCUT2D eigenvalue weighted by molar-refractivity contribution is 0.0480. The lowest BCUT2D eigenvalue weighted by atomic mass is 9.87. The Hall–Kier alpha value is -3.68. The molecular formula is C27H26F2N4O2. The number of aryl methyl sites for hydroxylation is 1. The van der Waals surface area contributed by atoms with Crippen molar-refractivity contribution >= 4 is 11.9 Å². The Morgan fingerprint density at radius 3 is 2.63 bits per heavy atom. The summed E-state index contributed by atoms with van der Waals surface area (Å²) in [5.41, 5.74) is 4.61. The summed E-state index contributed by atoms with van der Waals surface area (Å²) >= 11 is 0. The molecule has 2 fully saturated rings. The van der Waals surface area contributed by atoms with E-state index in [4.69, 9.17) is 9.57 Å². The predicted octanol–water partition coefficient (Wildman–Crippen LogP) is 5.42. The van der Waals surface area contributed by atoms with Crippen LogP contribution in [0.15, 0.2) is 59.7 Å². The second-order valence-corrected chi connectivity index (χ2v) is 9.76. The molecule has 2 aromatic carbocycles. The Morgan fingerprint density at radius 1 is 1.14 bits per heavy atom. The lowest BCUT2D eigenvalue weighted by Gasteiger charge is -2.43. The molecule has 6 nitrogen and oxygen atoms in total. The topological polar surface area (TPSA) is 51.9 Å². The van der Waals surface area contributed by atoms with E-state index in [9.17, 15) is 8.78 Å². The molecule has 0 amide bonds. The van der Waals surface area contributed by atoms with Gasteiger partial charge in [0.05, 0.1) is 30.9 Å². The van der Waals surface area contributed by atoms with Crippen LogP contribution in [0, 0.1) is 24.0 Å². The molecule has 2 aliphatic heterocycles. The summed E-state index contributed by atoms with van der Waals surface area (Å²) in [6.07, 6.45) is 8.98. The molecule has 35 heavy (non-hydrogen) atoms. The van der Waals surface area contributed by atoms with Crippen molar-refractivity contribution in [2.75, 3.05) is 20.3 Å². The molecule has 0 N–H and O–H groups in total. The van der Waals surface area contributed by atoms with Crippen molar-refractivity contribution in [3.8, 4) is 11.4 Å². The van der Waals surface area contributed by atoms with Gasteiger partial charge in [-0.1, -0.05) is 11.2 Å². The molecule has 1 unspecified atom stereocenters. The minimum absolute atomic E-state index is 0.171. The van der Waals surface area contributed by atoms with Crippen LogP contribution in [-0.2, 0) is 4.84 Å². The van der Waals surface area contributed by atoms with Crippen LogP contribution in [0.25, 0.3) is 11.8 Å². The molecule has 6 rings (SSSR count). The molecule has 8 heteroatoms. The van der Waals surface area contributed by atoms with Gasteiger partial charge in [0.1, 0.15) is 24.0 Å². The number of benzene rings is 2. The molecule has 180 valence electrons. The summed E-state index contributed by atoms with van der Waals surface area (Å²) in [7, 11) is 1.66. The van der Waals surface area contributed by atoms with Crippen LogP contribution < -0.4 is 4.74 Å². The van der Waals surface area contributed by atoms with Gasteiger partial charge in [0.2, 0.25) is 0 Å². The van der Waals surface area contributed by atoms with Crippen LogP contribution in [0.2, 0.25) is 0 Å². The summed E-state index contributed by atoms with van der Waals surface area (Å²) in [4.78, 5) is 12.1. The molecule has 1 atom stereocenters. The second kappa shape index (κ2) is 8.22. The molecule has 1 aromatic heterocycles. The zero-order chi connectivity index (χ0) is 24.2. The molecule has 1 saturated heterocycles. The van der Waals surface area contributed by atoms with Crippen molar-refractivity contribution in [3.63, 3.8) is 0 Å². The number of oxime groups is 1. The Morgan fingerprint density at radius 2 is 1.94 bits per heavy atom. The van der Waals surface area contributed by atoms with Crippen molar-refractivity contribution < 1.29 is 18.4 Å². The highest BCUT2D eigenvalue weighted by atomic mass is 19.1. The number of fused-ring (bicyclic) bond motifs is 1. The third kappa shape index (κ3) is 4.07. The van der Waals surface area contributed by atoms with Gasteiger partial charge in [-0.05, 0) is 78.6 Å². The van der Waals surface area contributed by atoms with E-state index in [1.165, 1.54) is 12.1 Å². The first kappa shape index (κ1) is 21.8. The van der Waals surface area contributed by atoms with Crippen LogP contribution in [0.4, 0.5) is 8.78 Å². The van der Waals surface area contributed by atoms with Gasteiger partial charge in [-0.3, -0.25) is 0 Å². The van der Waals surface area contributed by atoms with Crippen molar-refractivity contribution in [1.29, 1.82) is 0 Å². The first-order valence-electron chi connectivity index (χ1n) is 11.8. The van der Waals surface area contributed by atoms with E-state index in [2.05, 4.69) is 21.1 Å². The zero-order valence-corrected chi connectivity index (χ0v) is 19.7. The zero-order valence-electron chi connectivity index (χ0n) is 19.7. The highest BCUT2D eigenvalue weighted by Gasteiger charge is 2.51. The molecule has 0 radical (unpaired) electrons. The molecular weight excluding hydrogens is 450 g/mol. The highest BCUT2D eigenvalue weighted by molar-refractivity contribution is 6.03. The Labute approximate surface area is 202 Å². The molecule has 1 spiro atoms. The molecule has 3 heterocycles. The van der Waals surface area contributed by atoms with E-state index < -0.39 is 11.6 Å². The maximum atomic E-state index is 14.0. The van der Waals surface area contributed by atoms with E-state index in [0.717, 1.165) is 66.0 Å². The van der Waals surface area contributed by atoms with Gasteiger partial charge >= 0.3 is 0 Å². The maximum absolute atomic E-state index is 14.0. The van der Waals surface area contributed by atoms with Gasteiger partial charge in [0, 0.05) is 18.8 Å². The van der Waals surface area contributed by atoms with Crippen LogP contribution in [0.5, 0.6) is 5.75 Å². The van der Waals surface area contributed by atoms with E-state index in [1.54, 1.807) is 13.4 Å². The average molecular weight is 477 g/mol. The summed E-state index contributed by atoms with van der Waals surface area (Å²) in [6.45, 7) is 3.00. The van der Waals surface area contributed by atoms with Crippen LogP contribution in [0.3, 0.4) is 0 Å². The standard InChI is InChI=1S/C27H26F2N4O2/c1-17-13-32(16-30-17)23-4-3-18(8-25(23)34-2)7-20-12-27(5-6-27)15-33-24(14-35-31-26(20)33)19-9-21(28)11-22(29)10-19/h3-4,7-11,13,16,24H,5-6,12,14-15H2,1-2H3. The lowest BCUT2D eigenvalue weighted by Crippen LogP contribution is -2.48. The Balaban J connectivity index is 1.37. The Bertz CT molecular complexity index is 1340. The molecule has 0 bridgehead atoms. The minimum Gasteiger partial charge on any atom is -0.495 e. The molecule has 3 aliphatic rings. The van der Waals surface area contributed by atoms with Gasteiger partial charge in [0.15, 0.2) is 5.84 Å². The van der Waals surface area contributed by atoms with Crippen molar-refractivity contribution in [2.24, 2.45) is 10.6 Å². The van der Waals surface area contributed by atoms with Crippen LogP contribution in [0.1, 0.15) is 42.1 Å². The normalized spacial score (nSPS) is 21.5. The van der Waals surface area contributed by atoms with E-state index in [-0.39, 0.29) is 18.1 Å². The third-order valence-corrected chi connectivity index (χ3v) is 7.15. The number of piperidine rings is 1. The number of methoxy groups -OCH3 is 1. The number of hydrogen-bond acceptors (Lipinski definition) is 5. The monoisotopic (exact) mass is 476 g/mol. The predicted molar refractivity (Wildman–Crippen MR) is 128 cm³/mol. The first-order valence-corrected chi connectivity index (χ1v) is 11.8. The van der Waals surface area contributed by atoms with Crippen LogP contribution >= 0.6 is 0 Å². The summed E-state index contributed by atoms with van der Waals surface area (Å²) in [5.74, 6) is 0.300. The van der Waals surface area contributed by atoms with Gasteiger partial charge in [-0.2, -0.15) is 0 Å². The number of nitrogens with zero attached hydrogens (tertiary/aromatic N) is 4. The highest BCUT2D eigenvalue weighted by Crippen LogP contribution is 2.55. The quantitative estimate of drug-likeness (QED) is 0.505. The number of imidazole rings is 1. The number of rotatable bonds is 4. The SMILES string of the molecule is COc1cc(C=C2CC3(CC3)CN3C2=NOCC3c2cc(F)cc(F)c2)ccc1-n1cnc(C)c1. The minimum atomic E-state index is -0.585. The Kier molecular flexibility index (Phi) is 5.12. The molecule has 1 saturated carbocycles. The molecule has 3 aromatic rings. The number of amidine groups is 1. The van der Waals surface area contributed by atoms with Gasteiger partial charge < -0.3 is 19.0 Å². The fourth-order valence-electron chi connectivity index (χ4n) is 5.21. The first-order chi connectivity index (χ1) is 16.9. The smallest absolute Gasteiger partial charge is 0.172 e.